The van der Waals surface area contributed by atoms with Crippen LogP contribution in [0.25, 0.3) is 0 Å². The lowest BCUT2D eigenvalue weighted by atomic mass is 10.2. The van der Waals surface area contributed by atoms with Gasteiger partial charge in [-0.3, -0.25) is 0 Å². The van der Waals surface area contributed by atoms with E-state index in [1.54, 1.807) is 0 Å². The van der Waals surface area contributed by atoms with E-state index in [1.807, 2.05) is 0 Å². The first-order valence-corrected chi connectivity index (χ1v) is 6.30. The van der Waals surface area contributed by atoms with Crippen LogP contribution in [-0.4, -0.2) is 48.6 Å². The van der Waals surface area contributed by atoms with E-state index >= 15 is 0 Å². The number of nitrogens with zero attached hydrogens (tertiary/aromatic N) is 1. The third-order valence-corrected chi connectivity index (χ3v) is 2.91. The number of rotatable bonds is 4. The van der Waals surface area contributed by atoms with E-state index in [9.17, 15) is 0 Å². The van der Waals surface area contributed by atoms with Gasteiger partial charge < -0.3 is 10.2 Å². The van der Waals surface area contributed by atoms with Gasteiger partial charge in [0.2, 0.25) is 0 Å². The van der Waals surface area contributed by atoms with Crippen molar-refractivity contribution < 1.29 is 0 Å². The fraction of sp³-hybridized carbons (Fsp3) is 1.00. The molecule has 2 nitrogen and oxygen atoms in total. The molecule has 1 saturated heterocycles. The van der Waals surface area contributed by atoms with Crippen LogP contribution in [0.2, 0.25) is 0 Å². The van der Waals surface area contributed by atoms with E-state index in [4.69, 9.17) is 0 Å². The summed E-state index contributed by atoms with van der Waals surface area (Å²) in [5.74, 6) is 1.94. The molecule has 1 atom stereocenters. The molecule has 0 saturated carbocycles. The SMILES string of the molecule is SCCC1CN(CCS)CCCN1. The van der Waals surface area contributed by atoms with Crippen LogP contribution >= 0.6 is 25.3 Å². The van der Waals surface area contributed by atoms with Gasteiger partial charge >= 0.3 is 0 Å². The summed E-state index contributed by atoms with van der Waals surface area (Å²) in [5.41, 5.74) is 0. The Balaban J connectivity index is 2.30. The van der Waals surface area contributed by atoms with Crippen LogP contribution in [0.1, 0.15) is 12.8 Å². The highest BCUT2D eigenvalue weighted by molar-refractivity contribution is 7.80. The van der Waals surface area contributed by atoms with Crippen LogP contribution in [0.3, 0.4) is 0 Å². The lowest BCUT2D eigenvalue weighted by Crippen LogP contribution is -2.38. The topological polar surface area (TPSA) is 15.3 Å². The molecule has 4 heteroatoms. The van der Waals surface area contributed by atoms with Crippen LogP contribution in [0.15, 0.2) is 0 Å². The maximum atomic E-state index is 4.27. The standard InChI is InChI=1S/C9H20N2S2/c12-6-2-9-8-11(5-7-13)4-1-3-10-9/h9-10,12-13H,1-8H2. The van der Waals surface area contributed by atoms with Gasteiger partial charge in [-0.05, 0) is 31.7 Å². The minimum absolute atomic E-state index is 0.639. The van der Waals surface area contributed by atoms with Crippen LogP contribution < -0.4 is 5.32 Å². The molecular formula is C9H20N2S2. The third-order valence-electron chi connectivity index (χ3n) is 2.46. The Morgan fingerprint density at radius 1 is 1.31 bits per heavy atom. The Morgan fingerprint density at radius 2 is 2.15 bits per heavy atom. The second kappa shape index (κ2) is 6.98. The molecule has 1 rings (SSSR count). The van der Waals surface area contributed by atoms with Gasteiger partial charge in [0, 0.05) is 24.9 Å². The molecule has 1 heterocycles. The van der Waals surface area contributed by atoms with Crippen molar-refractivity contribution in [2.75, 3.05) is 37.7 Å². The van der Waals surface area contributed by atoms with E-state index in [1.165, 1.54) is 25.9 Å². The molecule has 0 radical (unpaired) electrons. The average molecular weight is 220 g/mol. The summed E-state index contributed by atoms with van der Waals surface area (Å²) in [7, 11) is 0. The highest BCUT2D eigenvalue weighted by Gasteiger charge is 2.15. The van der Waals surface area contributed by atoms with Crippen molar-refractivity contribution in [2.45, 2.75) is 18.9 Å². The van der Waals surface area contributed by atoms with Crippen molar-refractivity contribution in [2.24, 2.45) is 0 Å². The number of hydrogen-bond acceptors (Lipinski definition) is 4. The minimum Gasteiger partial charge on any atom is -0.313 e. The average Bonchev–Trinajstić information content (AvgIpc) is 2.32. The van der Waals surface area contributed by atoms with E-state index in [-0.39, 0.29) is 0 Å². The monoisotopic (exact) mass is 220 g/mol. The van der Waals surface area contributed by atoms with Crippen molar-refractivity contribution in [3.63, 3.8) is 0 Å². The molecule has 1 aliphatic rings. The minimum atomic E-state index is 0.639. The van der Waals surface area contributed by atoms with Crippen LogP contribution in [0, 0.1) is 0 Å². The Kier molecular flexibility index (Phi) is 6.28. The zero-order valence-electron chi connectivity index (χ0n) is 8.08. The molecule has 1 unspecified atom stereocenters. The fourth-order valence-corrected chi connectivity index (χ4v) is 2.36. The van der Waals surface area contributed by atoms with Crippen LogP contribution in [0.5, 0.6) is 0 Å². The summed E-state index contributed by atoms with van der Waals surface area (Å²) in [6.07, 6.45) is 2.43. The van der Waals surface area contributed by atoms with Gasteiger partial charge in [0.15, 0.2) is 0 Å². The zero-order valence-corrected chi connectivity index (χ0v) is 9.86. The van der Waals surface area contributed by atoms with E-state index in [2.05, 4.69) is 35.5 Å². The van der Waals surface area contributed by atoms with Crippen LogP contribution in [0.4, 0.5) is 0 Å². The lowest BCUT2D eigenvalue weighted by Gasteiger charge is -2.23. The van der Waals surface area contributed by atoms with Gasteiger partial charge in [-0.25, -0.2) is 0 Å². The quantitative estimate of drug-likeness (QED) is 0.610. The van der Waals surface area contributed by atoms with Gasteiger partial charge in [0.05, 0.1) is 0 Å². The van der Waals surface area contributed by atoms with Crippen molar-refractivity contribution in [1.82, 2.24) is 10.2 Å². The van der Waals surface area contributed by atoms with Crippen molar-refractivity contribution in [3.8, 4) is 0 Å². The van der Waals surface area contributed by atoms with E-state index in [0.29, 0.717) is 6.04 Å². The predicted molar refractivity (Wildman–Crippen MR) is 65.2 cm³/mol. The second-order valence-corrected chi connectivity index (χ2v) is 4.44. The molecule has 1 aliphatic heterocycles. The summed E-state index contributed by atoms with van der Waals surface area (Å²) in [6.45, 7) is 4.66. The van der Waals surface area contributed by atoms with Gasteiger partial charge in [-0.15, -0.1) is 0 Å². The molecule has 0 aromatic carbocycles. The van der Waals surface area contributed by atoms with Crippen molar-refractivity contribution >= 4 is 25.3 Å². The predicted octanol–water partition coefficient (Wildman–Crippen LogP) is 0.900. The first-order valence-electron chi connectivity index (χ1n) is 5.04. The molecule has 1 fully saturated rings. The Hall–Kier alpha value is 0.620. The molecule has 13 heavy (non-hydrogen) atoms. The van der Waals surface area contributed by atoms with Crippen LogP contribution in [-0.2, 0) is 0 Å². The Labute approximate surface area is 92.3 Å². The summed E-state index contributed by atoms with van der Waals surface area (Å²) in [6, 6.07) is 0.639. The third kappa shape index (κ3) is 4.58. The lowest BCUT2D eigenvalue weighted by molar-refractivity contribution is 0.282. The summed E-state index contributed by atoms with van der Waals surface area (Å²) in [4.78, 5) is 2.50. The van der Waals surface area contributed by atoms with Gasteiger partial charge in [0.1, 0.15) is 0 Å². The Bertz CT molecular complexity index is 119. The number of hydrogen-bond donors (Lipinski definition) is 3. The van der Waals surface area contributed by atoms with Crippen molar-refractivity contribution in [1.29, 1.82) is 0 Å². The number of thiol groups is 2. The van der Waals surface area contributed by atoms with E-state index < -0.39 is 0 Å². The summed E-state index contributed by atoms with van der Waals surface area (Å²) in [5, 5.41) is 3.56. The normalized spacial score (nSPS) is 25.8. The van der Waals surface area contributed by atoms with Crippen molar-refractivity contribution in [3.05, 3.63) is 0 Å². The van der Waals surface area contributed by atoms with E-state index in [0.717, 1.165) is 24.6 Å². The van der Waals surface area contributed by atoms with Gasteiger partial charge in [0.25, 0.3) is 0 Å². The smallest absolute Gasteiger partial charge is 0.0202 e. The first kappa shape index (κ1) is 11.7. The maximum absolute atomic E-state index is 4.27. The summed E-state index contributed by atoms with van der Waals surface area (Å²) >= 11 is 8.54. The molecule has 1 N–H and O–H groups in total. The summed E-state index contributed by atoms with van der Waals surface area (Å²) < 4.78 is 0. The highest BCUT2D eigenvalue weighted by atomic mass is 32.1. The van der Waals surface area contributed by atoms with Gasteiger partial charge in [-0.1, -0.05) is 0 Å². The molecular weight excluding hydrogens is 200 g/mol. The zero-order chi connectivity index (χ0) is 9.52. The molecule has 0 spiro atoms. The van der Waals surface area contributed by atoms with Gasteiger partial charge in [-0.2, -0.15) is 25.3 Å². The highest BCUT2D eigenvalue weighted by Crippen LogP contribution is 2.04. The number of nitrogens with one attached hydrogen (secondary N) is 1. The Morgan fingerprint density at radius 3 is 2.85 bits per heavy atom. The molecule has 0 aromatic heterocycles. The first-order chi connectivity index (χ1) is 6.36. The maximum Gasteiger partial charge on any atom is 0.0202 e. The fourth-order valence-electron chi connectivity index (χ4n) is 1.77. The largest absolute Gasteiger partial charge is 0.313 e. The molecule has 0 aliphatic carbocycles. The molecule has 0 bridgehead atoms. The second-order valence-electron chi connectivity index (χ2n) is 3.54. The molecule has 78 valence electrons. The molecule has 0 amide bonds. The molecule has 0 aromatic rings.